The van der Waals surface area contributed by atoms with E-state index in [1.807, 2.05) is 50.2 Å². The molecule has 2 aromatic carbocycles. The molecule has 27 heavy (non-hydrogen) atoms. The molecule has 3 aromatic rings. The van der Waals surface area contributed by atoms with E-state index >= 15 is 0 Å². The third kappa shape index (κ3) is 3.53. The van der Waals surface area contributed by atoms with Gasteiger partial charge in [0.15, 0.2) is 0 Å². The zero-order valence-corrected chi connectivity index (χ0v) is 15.9. The van der Waals surface area contributed by atoms with Crippen molar-refractivity contribution in [2.45, 2.75) is 13.8 Å². The van der Waals surface area contributed by atoms with Gasteiger partial charge in [0.05, 0.1) is 5.69 Å². The lowest BCUT2D eigenvalue weighted by Gasteiger charge is -2.24. The van der Waals surface area contributed by atoms with E-state index in [1.165, 1.54) is 6.07 Å². The molecular formula is C22H19ClFN3. The molecule has 1 aromatic heterocycles. The van der Waals surface area contributed by atoms with Gasteiger partial charge >= 0.3 is 0 Å². The van der Waals surface area contributed by atoms with Gasteiger partial charge in [-0.3, -0.25) is 4.98 Å². The van der Waals surface area contributed by atoms with Gasteiger partial charge < -0.3 is 10.6 Å². The third-order valence-corrected chi connectivity index (χ3v) is 4.92. The van der Waals surface area contributed by atoms with Crippen LogP contribution in [0.2, 0.25) is 5.02 Å². The van der Waals surface area contributed by atoms with Gasteiger partial charge in [-0.15, -0.1) is 0 Å². The highest BCUT2D eigenvalue weighted by Crippen LogP contribution is 2.34. The van der Waals surface area contributed by atoms with E-state index in [-0.39, 0.29) is 5.82 Å². The molecule has 0 spiro atoms. The largest absolute Gasteiger partial charge is 0.381 e. The van der Waals surface area contributed by atoms with Gasteiger partial charge in [0.2, 0.25) is 0 Å². The molecule has 4 rings (SSSR count). The molecule has 0 saturated carbocycles. The first-order chi connectivity index (χ1) is 13.0. The first kappa shape index (κ1) is 17.6. The van der Waals surface area contributed by atoms with Gasteiger partial charge in [-0.25, -0.2) is 4.39 Å². The summed E-state index contributed by atoms with van der Waals surface area (Å²) in [6.45, 7) is 4.69. The Morgan fingerprint density at radius 1 is 1.04 bits per heavy atom. The van der Waals surface area contributed by atoms with E-state index in [0.29, 0.717) is 11.6 Å². The Labute approximate surface area is 162 Å². The minimum atomic E-state index is -0.257. The molecule has 2 heterocycles. The molecule has 3 nitrogen and oxygen atoms in total. The number of halogens is 2. The Bertz CT molecular complexity index is 1060. The Kier molecular flexibility index (Phi) is 4.58. The van der Waals surface area contributed by atoms with Crippen LogP contribution in [0, 0.1) is 12.7 Å². The van der Waals surface area contributed by atoms with E-state index in [4.69, 9.17) is 11.6 Å². The van der Waals surface area contributed by atoms with Gasteiger partial charge in [-0.1, -0.05) is 29.8 Å². The van der Waals surface area contributed by atoms with Crippen LogP contribution in [0.25, 0.3) is 17.0 Å². The second kappa shape index (κ2) is 7.05. The van der Waals surface area contributed by atoms with E-state index in [1.54, 1.807) is 12.1 Å². The lowest BCUT2D eigenvalue weighted by Crippen LogP contribution is -2.16. The third-order valence-electron chi connectivity index (χ3n) is 4.59. The van der Waals surface area contributed by atoms with Crippen molar-refractivity contribution < 1.29 is 4.39 Å². The topological polar surface area (TPSA) is 37.0 Å². The summed E-state index contributed by atoms with van der Waals surface area (Å²) in [5.74, 6) is -0.257. The van der Waals surface area contributed by atoms with Crippen LogP contribution >= 0.6 is 11.6 Å². The number of benzene rings is 2. The molecule has 0 radical (unpaired) electrons. The normalized spacial score (nSPS) is 13.2. The van der Waals surface area contributed by atoms with Crippen molar-refractivity contribution in [2.75, 3.05) is 17.2 Å². The number of anilines is 2. The molecule has 2 N–H and O–H groups in total. The average Bonchev–Trinajstić information content (AvgIpc) is 2.64. The van der Waals surface area contributed by atoms with Gasteiger partial charge in [0, 0.05) is 45.5 Å². The van der Waals surface area contributed by atoms with Crippen LogP contribution in [0.5, 0.6) is 0 Å². The molecule has 5 heteroatoms. The highest BCUT2D eigenvalue weighted by atomic mass is 35.5. The standard InChI is InChI=1S/C22H19ClFN3/c1-13-12-25-20-8-7-15(24)10-18(20)22(13)27-16-9-14(2)26-21(11-16)17-5-3-4-6-19(17)23/h3-11,25H,12H2,1-2H3,(H,26,27). The van der Waals surface area contributed by atoms with Gasteiger partial charge in [0.25, 0.3) is 0 Å². The van der Waals surface area contributed by atoms with Crippen LogP contribution in [0.15, 0.2) is 60.2 Å². The summed E-state index contributed by atoms with van der Waals surface area (Å²) in [7, 11) is 0. The van der Waals surface area contributed by atoms with Crippen LogP contribution < -0.4 is 10.6 Å². The van der Waals surface area contributed by atoms with Crippen LogP contribution in [-0.2, 0) is 0 Å². The quantitative estimate of drug-likeness (QED) is 0.575. The maximum absolute atomic E-state index is 13.8. The molecule has 0 saturated heterocycles. The van der Waals surface area contributed by atoms with Gasteiger partial charge in [0.1, 0.15) is 5.82 Å². The van der Waals surface area contributed by atoms with E-state index in [9.17, 15) is 4.39 Å². The van der Waals surface area contributed by atoms with Crippen molar-refractivity contribution in [2.24, 2.45) is 0 Å². The maximum Gasteiger partial charge on any atom is 0.124 e. The minimum Gasteiger partial charge on any atom is -0.381 e. The first-order valence-electron chi connectivity index (χ1n) is 8.75. The number of rotatable bonds is 3. The van der Waals surface area contributed by atoms with Crippen molar-refractivity contribution in [3.63, 3.8) is 0 Å². The molecule has 0 fully saturated rings. The summed E-state index contributed by atoms with van der Waals surface area (Å²) in [6.07, 6.45) is 0. The first-order valence-corrected chi connectivity index (χ1v) is 9.13. The lowest BCUT2D eigenvalue weighted by atomic mass is 10.0. The average molecular weight is 380 g/mol. The van der Waals surface area contributed by atoms with Crippen LogP contribution in [0.4, 0.5) is 15.8 Å². The second-order valence-electron chi connectivity index (χ2n) is 6.69. The number of hydrogen-bond donors (Lipinski definition) is 2. The molecule has 0 aliphatic carbocycles. The fourth-order valence-electron chi connectivity index (χ4n) is 3.29. The van der Waals surface area contributed by atoms with E-state index in [0.717, 1.165) is 45.2 Å². The number of hydrogen-bond acceptors (Lipinski definition) is 3. The molecule has 1 aliphatic rings. The summed E-state index contributed by atoms with van der Waals surface area (Å²) >= 11 is 6.34. The molecule has 0 unspecified atom stereocenters. The van der Waals surface area contributed by atoms with Crippen LogP contribution in [-0.4, -0.2) is 11.5 Å². The van der Waals surface area contributed by atoms with E-state index in [2.05, 4.69) is 15.6 Å². The zero-order chi connectivity index (χ0) is 19.0. The molecule has 1 aliphatic heterocycles. The number of fused-ring (bicyclic) bond motifs is 1. The fraction of sp³-hybridized carbons (Fsp3) is 0.136. The monoisotopic (exact) mass is 379 g/mol. The summed E-state index contributed by atoms with van der Waals surface area (Å²) in [5.41, 5.74) is 7.23. The molecular weight excluding hydrogens is 361 g/mol. The Morgan fingerprint density at radius 3 is 2.67 bits per heavy atom. The summed E-state index contributed by atoms with van der Waals surface area (Å²) < 4.78 is 13.8. The maximum atomic E-state index is 13.8. The minimum absolute atomic E-state index is 0.257. The molecule has 0 amide bonds. The SMILES string of the molecule is CC1=C(Nc2cc(C)nc(-c3ccccc3Cl)c2)c2cc(F)ccc2NC1. The number of aryl methyl sites for hydroxylation is 1. The Morgan fingerprint density at radius 2 is 1.85 bits per heavy atom. The fourth-order valence-corrected chi connectivity index (χ4v) is 3.52. The van der Waals surface area contributed by atoms with E-state index < -0.39 is 0 Å². The Hall–Kier alpha value is -2.85. The zero-order valence-electron chi connectivity index (χ0n) is 15.1. The molecule has 0 atom stereocenters. The predicted octanol–water partition coefficient (Wildman–Crippen LogP) is 6.12. The van der Waals surface area contributed by atoms with Crippen molar-refractivity contribution in [1.29, 1.82) is 0 Å². The molecule has 0 bridgehead atoms. The van der Waals surface area contributed by atoms with Crippen LogP contribution in [0.3, 0.4) is 0 Å². The summed E-state index contributed by atoms with van der Waals surface area (Å²) in [4.78, 5) is 4.62. The number of aromatic nitrogens is 1. The van der Waals surface area contributed by atoms with Gasteiger partial charge in [-0.05, 0) is 55.8 Å². The number of nitrogens with zero attached hydrogens (tertiary/aromatic N) is 1. The van der Waals surface area contributed by atoms with Crippen molar-refractivity contribution in [3.8, 4) is 11.3 Å². The summed E-state index contributed by atoms with van der Waals surface area (Å²) in [6, 6.07) is 16.4. The summed E-state index contributed by atoms with van der Waals surface area (Å²) in [5, 5.41) is 7.45. The van der Waals surface area contributed by atoms with Crippen molar-refractivity contribution >= 4 is 28.7 Å². The van der Waals surface area contributed by atoms with Crippen LogP contribution in [0.1, 0.15) is 18.2 Å². The van der Waals surface area contributed by atoms with Crippen molar-refractivity contribution in [1.82, 2.24) is 4.98 Å². The Balaban J connectivity index is 1.76. The lowest BCUT2D eigenvalue weighted by molar-refractivity contribution is 0.627. The van der Waals surface area contributed by atoms with Gasteiger partial charge in [-0.2, -0.15) is 0 Å². The predicted molar refractivity (Wildman–Crippen MR) is 111 cm³/mol. The number of nitrogens with one attached hydrogen (secondary N) is 2. The van der Waals surface area contributed by atoms with Crippen molar-refractivity contribution in [3.05, 3.63) is 82.3 Å². The highest BCUT2D eigenvalue weighted by Gasteiger charge is 2.18. The second-order valence-corrected chi connectivity index (χ2v) is 7.09. The smallest absolute Gasteiger partial charge is 0.124 e. The highest BCUT2D eigenvalue weighted by molar-refractivity contribution is 6.33. The number of pyridine rings is 1. The molecule has 136 valence electrons.